The van der Waals surface area contributed by atoms with Gasteiger partial charge in [0.1, 0.15) is 6.07 Å². The molecule has 5 heteroatoms. The zero-order valence-electron chi connectivity index (χ0n) is 11.1. The van der Waals surface area contributed by atoms with Gasteiger partial charge in [-0.1, -0.05) is 11.6 Å². The van der Waals surface area contributed by atoms with Crippen molar-refractivity contribution < 1.29 is 5.11 Å². The molecule has 0 aromatic heterocycles. The van der Waals surface area contributed by atoms with E-state index in [1.807, 2.05) is 19.9 Å². The quantitative estimate of drug-likeness (QED) is 0.792. The molecular formula is C14H18ClN3O. The molecule has 1 aliphatic rings. The van der Waals surface area contributed by atoms with Crippen molar-refractivity contribution in [3.8, 4) is 6.07 Å². The van der Waals surface area contributed by atoms with Gasteiger partial charge in [-0.2, -0.15) is 5.26 Å². The normalized spacial score (nSPS) is 23.9. The fourth-order valence-corrected chi connectivity index (χ4v) is 2.69. The van der Waals surface area contributed by atoms with Crippen LogP contribution in [0, 0.1) is 18.3 Å². The van der Waals surface area contributed by atoms with Crippen LogP contribution in [0.15, 0.2) is 12.1 Å². The van der Waals surface area contributed by atoms with Crippen LogP contribution in [0.4, 0.5) is 5.69 Å². The number of hydrogen-bond acceptors (Lipinski definition) is 4. The van der Waals surface area contributed by atoms with E-state index < -0.39 is 0 Å². The maximum Gasteiger partial charge on any atom is 0.101 e. The van der Waals surface area contributed by atoms with Gasteiger partial charge in [-0.05, 0) is 44.5 Å². The molecule has 102 valence electrons. The van der Waals surface area contributed by atoms with E-state index in [0.717, 1.165) is 24.2 Å². The minimum atomic E-state index is -0.323. The molecule has 0 saturated carbocycles. The number of nitrogens with one attached hydrogen (secondary N) is 2. The third-order valence-corrected chi connectivity index (χ3v) is 4.15. The molecule has 2 rings (SSSR count). The first-order valence-corrected chi connectivity index (χ1v) is 6.79. The Balaban J connectivity index is 2.15. The van der Waals surface area contributed by atoms with Crippen LogP contribution in [-0.4, -0.2) is 29.8 Å². The number of hydrogen-bond donors (Lipinski definition) is 3. The Kier molecular flexibility index (Phi) is 4.31. The summed E-state index contributed by atoms with van der Waals surface area (Å²) in [6.45, 7) is 4.75. The third kappa shape index (κ3) is 2.84. The Hall–Kier alpha value is -1.28. The highest BCUT2D eigenvalue weighted by Gasteiger charge is 2.29. The zero-order valence-corrected chi connectivity index (χ0v) is 11.8. The van der Waals surface area contributed by atoms with Crippen LogP contribution < -0.4 is 10.6 Å². The van der Waals surface area contributed by atoms with E-state index in [1.54, 1.807) is 6.07 Å². The SMILES string of the molecule is Cc1c(NC(C)[C@H]2NCC[C@@H]2O)ccc(C#N)c1Cl. The molecule has 0 bridgehead atoms. The molecule has 1 aromatic carbocycles. The summed E-state index contributed by atoms with van der Waals surface area (Å²) in [6, 6.07) is 5.76. The highest BCUT2D eigenvalue weighted by Crippen LogP contribution is 2.28. The van der Waals surface area contributed by atoms with E-state index in [0.29, 0.717) is 10.6 Å². The molecule has 0 aliphatic carbocycles. The fraction of sp³-hybridized carbons (Fsp3) is 0.500. The Labute approximate surface area is 118 Å². The van der Waals surface area contributed by atoms with Gasteiger partial charge in [0.05, 0.1) is 22.7 Å². The molecule has 1 saturated heterocycles. The molecule has 0 spiro atoms. The maximum atomic E-state index is 9.87. The van der Waals surface area contributed by atoms with Crippen LogP contribution in [0.5, 0.6) is 0 Å². The first-order valence-electron chi connectivity index (χ1n) is 6.41. The molecule has 1 fully saturated rings. The molecule has 1 aliphatic heterocycles. The number of rotatable bonds is 3. The van der Waals surface area contributed by atoms with Crippen LogP contribution in [-0.2, 0) is 0 Å². The molecule has 3 atom stereocenters. The number of nitrogens with zero attached hydrogens (tertiary/aromatic N) is 1. The van der Waals surface area contributed by atoms with Crippen molar-refractivity contribution in [1.29, 1.82) is 5.26 Å². The Bertz CT molecular complexity index is 512. The van der Waals surface area contributed by atoms with Gasteiger partial charge in [0, 0.05) is 11.7 Å². The summed E-state index contributed by atoms with van der Waals surface area (Å²) in [5.41, 5.74) is 2.24. The monoisotopic (exact) mass is 279 g/mol. The van der Waals surface area contributed by atoms with Crippen LogP contribution >= 0.6 is 11.6 Å². The summed E-state index contributed by atoms with van der Waals surface area (Å²) in [6.07, 6.45) is 0.459. The van der Waals surface area contributed by atoms with E-state index in [1.165, 1.54) is 0 Å². The highest BCUT2D eigenvalue weighted by atomic mass is 35.5. The maximum absolute atomic E-state index is 9.87. The van der Waals surface area contributed by atoms with E-state index in [2.05, 4.69) is 16.7 Å². The van der Waals surface area contributed by atoms with Gasteiger partial charge in [0.2, 0.25) is 0 Å². The summed E-state index contributed by atoms with van der Waals surface area (Å²) in [7, 11) is 0. The van der Waals surface area contributed by atoms with Crippen LogP contribution in [0.25, 0.3) is 0 Å². The lowest BCUT2D eigenvalue weighted by molar-refractivity contribution is 0.153. The summed E-state index contributed by atoms with van der Waals surface area (Å²) < 4.78 is 0. The molecular weight excluding hydrogens is 262 g/mol. The zero-order chi connectivity index (χ0) is 14.0. The fourth-order valence-electron chi connectivity index (χ4n) is 2.49. The molecule has 0 radical (unpaired) electrons. The van der Waals surface area contributed by atoms with Crippen LogP contribution in [0.2, 0.25) is 5.02 Å². The number of aliphatic hydroxyl groups is 1. The number of nitriles is 1. The first-order chi connectivity index (χ1) is 9.04. The second-order valence-corrected chi connectivity index (χ2v) is 5.36. The summed E-state index contributed by atoms with van der Waals surface area (Å²) >= 11 is 6.14. The molecule has 1 heterocycles. The molecule has 19 heavy (non-hydrogen) atoms. The highest BCUT2D eigenvalue weighted by molar-refractivity contribution is 6.32. The minimum Gasteiger partial charge on any atom is -0.391 e. The van der Waals surface area contributed by atoms with Crippen molar-refractivity contribution in [3.05, 3.63) is 28.3 Å². The van der Waals surface area contributed by atoms with Gasteiger partial charge in [0.15, 0.2) is 0 Å². The van der Waals surface area contributed by atoms with Gasteiger partial charge >= 0.3 is 0 Å². The van der Waals surface area contributed by atoms with Crippen LogP contribution in [0.1, 0.15) is 24.5 Å². The van der Waals surface area contributed by atoms with E-state index in [-0.39, 0.29) is 18.2 Å². The van der Waals surface area contributed by atoms with Crippen molar-refractivity contribution >= 4 is 17.3 Å². The van der Waals surface area contributed by atoms with Gasteiger partial charge < -0.3 is 15.7 Å². The number of anilines is 1. The van der Waals surface area contributed by atoms with E-state index in [4.69, 9.17) is 16.9 Å². The molecule has 1 unspecified atom stereocenters. The Morgan fingerprint density at radius 2 is 2.32 bits per heavy atom. The first kappa shape index (κ1) is 14.1. The molecule has 4 nitrogen and oxygen atoms in total. The van der Waals surface area contributed by atoms with Crippen molar-refractivity contribution in [3.63, 3.8) is 0 Å². The third-order valence-electron chi connectivity index (χ3n) is 3.66. The number of benzene rings is 1. The average molecular weight is 280 g/mol. The predicted molar refractivity (Wildman–Crippen MR) is 76.4 cm³/mol. The smallest absolute Gasteiger partial charge is 0.101 e. The van der Waals surface area contributed by atoms with Gasteiger partial charge in [-0.15, -0.1) is 0 Å². The average Bonchev–Trinajstić information content (AvgIpc) is 2.81. The lowest BCUT2D eigenvalue weighted by Crippen LogP contribution is -2.44. The Morgan fingerprint density at radius 3 is 2.89 bits per heavy atom. The van der Waals surface area contributed by atoms with Crippen molar-refractivity contribution in [2.24, 2.45) is 0 Å². The molecule has 0 amide bonds. The van der Waals surface area contributed by atoms with Gasteiger partial charge in [-0.3, -0.25) is 0 Å². The van der Waals surface area contributed by atoms with Crippen LogP contribution in [0.3, 0.4) is 0 Å². The minimum absolute atomic E-state index is 0.0359. The molecule has 1 aromatic rings. The van der Waals surface area contributed by atoms with Gasteiger partial charge in [-0.25, -0.2) is 0 Å². The van der Waals surface area contributed by atoms with Crippen molar-refractivity contribution in [2.45, 2.75) is 38.5 Å². The van der Waals surface area contributed by atoms with E-state index >= 15 is 0 Å². The van der Waals surface area contributed by atoms with E-state index in [9.17, 15) is 5.11 Å². The lowest BCUT2D eigenvalue weighted by atomic mass is 10.0. The summed E-state index contributed by atoms with van der Waals surface area (Å²) in [5, 5.41) is 25.9. The number of aliphatic hydroxyl groups excluding tert-OH is 1. The second kappa shape index (κ2) is 5.79. The van der Waals surface area contributed by atoms with Gasteiger partial charge in [0.25, 0.3) is 0 Å². The molecule has 3 N–H and O–H groups in total. The number of halogens is 1. The summed E-state index contributed by atoms with van der Waals surface area (Å²) in [5.74, 6) is 0. The standard InChI is InChI=1S/C14H18ClN3O/c1-8-11(4-3-10(7-16)13(8)15)18-9(2)14-12(19)5-6-17-14/h3-4,9,12,14,17-19H,5-6H2,1-2H3/t9?,12-,14+/m0/s1. The predicted octanol–water partition coefficient (Wildman–Crippen LogP) is 2.04. The largest absolute Gasteiger partial charge is 0.391 e. The Morgan fingerprint density at radius 1 is 1.58 bits per heavy atom. The second-order valence-electron chi connectivity index (χ2n) is 4.98. The lowest BCUT2D eigenvalue weighted by Gasteiger charge is -2.25. The van der Waals surface area contributed by atoms with Crippen molar-refractivity contribution in [2.75, 3.05) is 11.9 Å². The summed E-state index contributed by atoms with van der Waals surface area (Å²) in [4.78, 5) is 0. The van der Waals surface area contributed by atoms with Crippen molar-refractivity contribution in [1.82, 2.24) is 5.32 Å². The topological polar surface area (TPSA) is 68.1 Å².